The molecule has 4 atom stereocenters. The number of nitrogens with zero attached hydrogens (tertiary/aromatic N) is 4. The first kappa shape index (κ1) is 38.6. The molecule has 4 aliphatic heterocycles. The molecule has 1 spiro atoms. The molecule has 7 rings (SSSR count). The summed E-state index contributed by atoms with van der Waals surface area (Å²) < 4.78 is 16.8. The maximum atomic E-state index is 14.6. The quantitative estimate of drug-likeness (QED) is 0.219. The van der Waals surface area contributed by atoms with E-state index in [0.29, 0.717) is 32.1 Å². The van der Waals surface area contributed by atoms with Crippen LogP contribution >= 0.6 is 0 Å². The van der Waals surface area contributed by atoms with Crippen molar-refractivity contribution in [2.75, 3.05) is 65.6 Å². The predicted molar refractivity (Wildman–Crippen MR) is 203 cm³/mol. The number of amides is 1. The molecule has 3 unspecified atom stereocenters. The van der Waals surface area contributed by atoms with Gasteiger partial charge in [-0.25, -0.2) is 4.98 Å². The molecule has 1 aromatic carbocycles. The van der Waals surface area contributed by atoms with Gasteiger partial charge in [-0.15, -0.1) is 0 Å². The molecule has 1 aliphatic carbocycles. The number of β-amino-alcohol motifs (C(OH)–C–C–N with tert-alkyl or cyclic N) is 1. The Morgan fingerprint density at radius 1 is 1.00 bits per heavy atom. The number of nitrogens with one attached hydrogen (secondary N) is 4. The number of carbonyl (C=O) groups excluding carboxylic acids is 1. The minimum Gasteiger partial charge on any atom is -0.486 e. The lowest BCUT2D eigenvalue weighted by Gasteiger charge is -2.56. The first-order valence-electron chi connectivity index (χ1n) is 20.6. The number of oxazole rings is 1. The zero-order valence-corrected chi connectivity index (χ0v) is 31.9. The van der Waals surface area contributed by atoms with Gasteiger partial charge in [-0.1, -0.05) is 64.4 Å². The fourth-order valence-corrected chi connectivity index (χ4v) is 9.19. The van der Waals surface area contributed by atoms with Crippen molar-refractivity contribution in [1.82, 2.24) is 41.0 Å². The first-order valence-corrected chi connectivity index (χ1v) is 20.6. The molecule has 1 aromatic heterocycles. The summed E-state index contributed by atoms with van der Waals surface area (Å²) >= 11 is 0. The van der Waals surface area contributed by atoms with E-state index >= 15 is 0 Å². The van der Waals surface area contributed by atoms with Crippen LogP contribution in [0, 0.1) is 5.41 Å². The van der Waals surface area contributed by atoms with Crippen molar-refractivity contribution >= 4 is 5.91 Å². The lowest BCUT2D eigenvalue weighted by atomic mass is 9.67. The normalized spacial score (nSPS) is 27.3. The molecule has 294 valence electrons. The second-order valence-electron chi connectivity index (χ2n) is 16.1. The van der Waals surface area contributed by atoms with Crippen LogP contribution in [0.4, 0.5) is 0 Å². The standard InChI is InChI=1S/C40H64N8O5/c1-2-46-17-19-48(20-18-46)39-44-36(40(38(45-39)43-32-26-51-27-32)14-9-7-5-3-4-6-8-10-15-40)37(50)42-22-33(49)25-47-16-13-30-21-34(12-11-31(30)24-47)52-28-35-23-41-29-53-35/h11-12,21,23,29,32-33,36,38-39,43-45,49H,2-10,13-20,22,24-28H2,1H3,(H,42,50)/t33-,36?,38?,39?/m0/s1. The number of benzene rings is 1. The van der Waals surface area contributed by atoms with E-state index in [4.69, 9.17) is 13.9 Å². The van der Waals surface area contributed by atoms with Gasteiger partial charge in [-0.2, -0.15) is 0 Å². The Morgan fingerprint density at radius 3 is 2.43 bits per heavy atom. The largest absolute Gasteiger partial charge is 0.486 e. The number of ether oxygens (including phenoxy) is 2. The van der Waals surface area contributed by atoms with Crippen molar-refractivity contribution in [2.45, 2.75) is 121 Å². The molecule has 4 fully saturated rings. The van der Waals surface area contributed by atoms with Crippen LogP contribution in [0.15, 0.2) is 35.2 Å². The molecule has 5 N–H and O–H groups in total. The number of likely N-dealkylation sites (N-methyl/N-ethyl adjacent to an activating group) is 1. The van der Waals surface area contributed by atoms with E-state index in [-0.39, 0.29) is 42.4 Å². The van der Waals surface area contributed by atoms with Crippen LogP contribution in [0.25, 0.3) is 0 Å². The number of hydrogen-bond donors (Lipinski definition) is 5. The summed E-state index contributed by atoms with van der Waals surface area (Å²) in [5.74, 6) is 1.52. The van der Waals surface area contributed by atoms with Gasteiger partial charge in [-0.05, 0) is 49.1 Å². The highest BCUT2D eigenvalue weighted by Gasteiger charge is 2.54. The van der Waals surface area contributed by atoms with Crippen LogP contribution in [0.3, 0.4) is 0 Å². The molecule has 5 heterocycles. The van der Waals surface area contributed by atoms with Crippen LogP contribution < -0.4 is 26.0 Å². The number of hydrogen-bond acceptors (Lipinski definition) is 12. The Kier molecular flexibility index (Phi) is 13.7. The summed E-state index contributed by atoms with van der Waals surface area (Å²) in [7, 11) is 0. The van der Waals surface area contributed by atoms with Gasteiger partial charge >= 0.3 is 0 Å². The zero-order chi connectivity index (χ0) is 36.5. The zero-order valence-electron chi connectivity index (χ0n) is 31.9. The van der Waals surface area contributed by atoms with E-state index in [0.717, 1.165) is 83.7 Å². The third kappa shape index (κ3) is 9.98. The van der Waals surface area contributed by atoms with Gasteiger partial charge in [0.05, 0.1) is 43.8 Å². The molecule has 1 saturated carbocycles. The number of rotatable bonds is 12. The number of piperazine rings is 1. The van der Waals surface area contributed by atoms with Crippen LogP contribution in [-0.2, 0) is 29.1 Å². The first-order chi connectivity index (χ1) is 26.0. The summed E-state index contributed by atoms with van der Waals surface area (Å²) in [5, 5.41) is 26.5. The average molecular weight is 737 g/mol. The highest BCUT2D eigenvalue weighted by atomic mass is 16.5. The molecule has 3 saturated heterocycles. The van der Waals surface area contributed by atoms with Crippen molar-refractivity contribution in [2.24, 2.45) is 5.41 Å². The Labute approximate surface area is 315 Å². The number of fused-ring (bicyclic) bond motifs is 1. The van der Waals surface area contributed by atoms with E-state index in [1.165, 1.54) is 56.0 Å². The number of carbonyl (C=O) groups is 1. The Morgan fingerprint density at radius 2 is 1.75 bits per heavy atom. The Bertz CT molecular complexity index is 1410. The van der Waals surface area contributed by atoms with Gasteiger partial charge in [0.1, 0.15) is 18.6 Å². The van der Waals surface area contributed by atoms with E-state index < -0.39 is 6.10 Å². The highest BCUT2D eigenvalue weighted by molar-refractivity contribution is 5.83. The smallest absolute Gasteiger partial charge is 0.238 e. The van der Waals surface area contributed by atoms with Crippen LogP contribution in [0.5, 0.6) is 5.75 Å². The fourth-order valence-electron chi connectivity index (χ4n) is 9.19. The highest BCUT2D eigenvalue weighted by Crippen LogP contribution is 2.42. The molecule has 2 aromatic rings. The van der Waals surface area contributed by atoms with E-state index in [1.54, 1.807) is 6.20 Å². The SMILES string of the molecule is CCN1CCN(C2NC(NC3COC3)C3(CCCCCCCCCC3)C(C(=O)NC[C@H](O)CN3CCc4cc(OCc5cnco5)ccc4C3)N2)CC1. The second-order valence-corrected chi connectivity index (χ2v) is 16.1. The molecular weight excluding hydrogens is 672 g/mol. The molecule has 13 nitrogen and oxygen atoms in total. The third-order valence-corrected chi connectivity index (χ3v) is 12.5. The lowest BCUT2D eigenvalue weighted by Crippen LogP contribution is -2.80. The van der Waals surface area contributed by atoms with E-state index in [9.17, 15) is 9.90 Å². The molecule has 1 amide bonds. The minimum atomic E-state index is -0.672. The van der Waals surface area contributed by atoms with Gasteiger partial charge in [0.2, 0.25) is 5.91 Å². The van der Waals surface area contributed by atoms with Crippen molar-refractivity contribution in [3.8, 4) is 5.75 Å². The maximum Gasteiger partial charge on any atom is 0.238 e. The Hall–Kier alpha value is -2.62. The van der Waals surface area contributed by atoms with Gasteiger partial charge in [-0.3, -0.25) is 30.5 Å². The molecule has 13 heteroatoms. The summed E-state index contributed by atoms with van der Waals surface area (Å²) in [6.45, 7) is 11.4. The molecule has 53 heavy (non-hydrogen) atoms. The number of aliphatic hydroxyl groups excluding tert-OH is 1. The maximum absolute atomic E-state index is 14.6. The van der Waals surface area contributed by atoms with Crippen LogP contribution in [0.2, 0.25) is 0 Å². The summed E-state index contributed by atoms with van der Waals surface area (Å²) in [5.41, 5.74) is 2.21. The molecule has 0 bridgehead atoms. The summed E-state index contributed by atoms with van der Waals surface area (Å²) in [6, 6.07) is 6.13. The third-order valence-electron chi connectivity index (χ3n) is 12.5. The molecule has 5 aliphatic rings. The topological polar surface area (TPSA) is 140 Å². The van der Waals surface area contributed by atoms with E-state index in [1.807, 2.05) is 6.07 Å². The molecular formula is C40H64N8O5. The van der Waals surface area contributed by atoms with Gasteiger partial charge in [0.25, 0.3) is 0 Å². The monoisotopic (exact) mass is 736 g/mol. The van der Waals surface area contributed by atoms with Crippen molar-refractivity contribution in [3.05, 3.63) is 47.7 Å². The van der Waals surface area contributed by atoms with Crippen molar-refractivity contribution in [1.29, 1.82) is 0 Å². The summed E-state index contributed by atoms with van der Waals surface area (Å²) in [4.78, 5) is 25.8. The van der Waals surface area contributed by atoms with Gasteiger partial charge in [0.15, 0.2) is 12.2 Å². The van der Waals surface area contributed by atoms with Gasteiger partial charge in [0, 0.05) is 57.8 Å². The second kappa shape index (κ2) is 18.8. The molecule has 0 radical (unpaired) electrons. The van der Waals surface area contributed by atoms with Crippen LogP contribution in [-0.4, -0.2) is 127 Å². The van der Waals surface area contributed by atoms with Gasteiger partial charge < -0.3 is 29.2 Å². The number of aromatic nitrogens is 1. The fraction of sp³-hybridized carbons (Fsp3) is 0.750. The minimum absolute atomic E-state index is 0.0103. The van der Waals surface area contributed by atoms with Crippen LogP contribution in [0.1, 0.15) is 88.0 Å². The lowest BCUT2D eigenvalue weighted by molar-refractivity contribution is -0.136. The van der Waals surface area contributed by atoms with Crippen molar-refractivity contribution < 1.29 is 23.8 Å². The Balaban J connectivity index is 1.01. The van der Waals surface area contributed by atoms with E-state index in [2.05, 4.69) is 60.0 Å². The average Bonchev–Trinajstić information content (AvgIpc) is 3.67. The van der Waals surface area contributed by atoms with Crippen molar-refractivity contribution in [3.63, 3.8) is 0 Å². The summed E-state index contributed by atoms with van der Waals surface area (Å²) in [6.07, 6.45) is 14.9. The predicted octanol–water partition coefficient (Wildman–Crippen LogP) is 2.79. The number of aliphatic hydroxyl groups is 1.